The maximum Gasteiger partial charge on any atom is 0.290 e. The van der Waals surface area contributed by atoms with Crippen molar-refractivity contribution in [3.8, 4) is 0 Å². The van der Waals surface area contributed by atoms with E-state index in [0.717, 1.165) is 25.2 Å². The van der Waals surface area contributed by atoms with Crippen LogP contribution in [0.5, 0.6) is 0 Å². The van der Waals surface area contributed by atoms with E-state index in [9.17, 15) is 4.79 Å². The van der Waals surface area contributed by atoms with Gasteiger partial charge in [0.2, 0.25) is 5.76 Å². The molecule has 2 heterocycles. The van der Waals surface area contributed by atoms with Crippen LogP contribution in [0.4, 0.5) is 0 Å². The molecule has 3 rings (SSSR count). The molecule has 0 radical (unpaired) electrons. The molecule has 2 atom stereocenters. The van der Waals surface area contributed by atoms with Crippen LogP contribution in [-0.4, -0.2) is 35.1 Å². The van der Waals surface area contributed by atoms with Gasteiger partial charge in [0.25, 0.3) is 5.91 Å². The van der Waals surface area contributed by atoms with E-state index in [0.29, 0.717) is 6.04 Å². The number of aromatic nitrogens is 1. The first kappa shape index (κ1) is 14.8. The minimum absolute atomic E-state index is 0.157. The Morgan fingerprint density at radius 3 is 2.86 bits per heavy atom. The largest absolute Gasteiger partial charge is 0.351 e. The normalized spacial score (nSPS) is 20.0. The molecule has 1 aliphatic rings. The van der Waals surface area contributed by atoms with Gasteiger partial charge in [0.05, 0.1) is 5.69 Å². The van der Waals surface area contributed by atoms with Crippen molar-refractivity contribution in [1.82, 2.24) is 15.4 Å². The number of amides is 1. The van der Waals surface area contributed by atoms with Gasteiger partial charge in [-0.3, -0.25) is 9.69 Å². The molecule has 1 aromatic heterocycles. The molecule has 0 aliphatic carbocycles. The summed E-state index contributed by atoms with van der Waals surface area (Å²) in [5, 5.41) is 6.78. The lowest BCUT2D eigenvalue weighted by atomic mass is 10.1. The summed E-state index contributed by atoms with van der Waals surface area (Å²) in [6.07, 6.45) is 0.954. The van der Waals surface area contributed by atoms with Crippen LogP contribution in [0.15, 0.2) is 40.9 Å². The highest BCUT2D eigenvalue weighted by Crippen LogP contribution is 2.24. The predicted molar refractivity (Wildman–Crippen MR) is 83.5 cm³/mol. The van der Waals surface area contributed by atoms with Gasteiger partial charge in [0, 0.05) is 31.2 Å². The first-order valence-electron chi connectivity index (χ1n) is 7.66. The van der Waals surface area contributed by atoms with Crippen LogP contribution in [0.25, 0.3) is 0 Å². The molecule has 5 nitrogen and oxygen atoms in total. The van der Waals surface area contributed by atoms with Crippen LogP contribution < -0.4 is 5.32 Å². The Morgan fingerprint density at radius 2 is 2.18 bits per heavy atom. The molecule has 0 unspecified atom stereocenters. The Kier molecular flexibility index (Phi) is 4.24. The predicted octanol–water partition coefficient (Wildman–Crippen LogP) is 2.55. The highest BCUT2D eigenvalue weighted by molar-refractivity contribution is 5.91. The molecule has 0 bridgehead atoms. The summed E-state index contributed by atoms with van der Waals surface area (Å²) >= 11 is 0. The maximum atomic E-state index is 12.1. The summed E-state index contributed by atoms with van der Waals surface area (Å²) in [7, 11) is 0. The van der Waals surface area contributed by atoms with Gasteiger partial charge in [0.15, 0.2) is 0 Å². The van der Waals surface area contributed by atoms with E-state index in [1.165, 1.54) is 5.56 Å². The van der Waals surface area contributed by atoms with Gasteiger partial charge in [-0.25, -0.2) is 0 Å². The van der Waals surface area contributed by atoms with Gasteiger partial charge >= 0.3 is 0 Å². The van der Waals surface area contributed by atoms with Gasteiger partial charge in [0.1, 0.15) is 0 Å². The lowest BCUT2D eigenvalue weighted by Gasteiger charge is -2.24. The Bertz CT molecular complexity index is 638. The zero-order chi connectivity index (χ0) is 15.5. The van der Waals surface area contributed by atoms with E-state index < -0.39 is 0 Å². The average molecular weight is 299 g/mol. The number of rotatable bonds is 4. The van der Waals surface area contributed by atoms with E-state index in [4.69, 9.17) is 4.52 Å². The van der Waals surface area contributed by atoms with Crippen LogP contribution >= 0.6 is 0 Å². The summed E-state index contributed by atoms with van der Waals surface area (Å²) in [5.41, 5.74) is 2.02. The second-order valence-corrected chi connectivity index (χ2v) is 5.87. The van der Waals surface area contributed by atoms with Crippen molar-refractivity contribution >= 4 is 5.91 Å². The number of likely N-dealkylation sites (tertiary alicyclic amines) is 1. The monoisotopic (exact) mass is 299 g/mol. The van der Waals surface area contributed by atoms with Crippen molar-refractivity contribution in [2.75, 3.05) is 13.1 Å². The van der Waals surface area contributed by atoms with Crippen molar-refractivity contribution in [3.05, 3.63) is 53.4 Å². The highest BCUT2D eigenvalue weighted by atomic mass is 16.5. The van der Waals surface area contributed by atoms with Crippen molar-refractivity contribution < 1.29 is 9.32 Å². The number of hydrogen-bond acceptors (Lipinski definition) is 4. The molecule has 5 heteroatoms. The van der Waals surface area contributed by atoms with Crippen LogP contribution in [0.2, 0.25) is 0 Å². The molecule has 1 fully saturated rings. The Hall–Kier alpha value is -2.14. The van der Waals surface area contributed by atoms with E-state index in [-0.39, 0.29) is 17.7 Å². The molecule has 116 valence electrons. The summed E-state index contributed by atoms with van der Waals surface area (Å²) in [6.45, 7) is 5.85. The molecule has 1 aliphatic heterocycles. The van der Waals surface area contributed by atoms with Gasteiger partial charge in [-0.1, -0.05) is 35.5 Å². The Morgan fingerprint density at radius 1 is 1.41 bits per heavy atom. The SMILES string of the molecule is Cc1cc(C(=O)N[C@@H]2CCN([C@@H](C)c3ccccc3)C2)on1. The van der Waals surface area contributed by atoms with Crippen molar-refractivity contribution in [2.45, 2.75) is 32.4 Å². The number of benzene rings is 1. The molecular formula is C17H21N3O2. The third-order valence-electron chi connectivity index (χ3n) is 4.24. The fourth-order valence-corrected chi connectivity index (χ4v) is 2.93. The minimum Gasteiger partial charge on any atom is -0.351 e. The van der Waals surface area contributed by atoms with Gasteiger partial charge in [-0.05, 0) is 25.8 Å². The zero-order valence-corrected chi connectivity index (χ0v) is 13.0. The van der Waals surface area contributed by atoms with E-state index >= 15 is 0 Å². The lowest BCUT2D eigenvalue weighted by Crippen LogP contribution is -2.37. The third-order valence-corrected chi connectivity index (χ3v) is 4.24. The second kappa shape index (κ2) is 6.32. The fourth-order valence-electron chi connectivity index (χ4n) is 2.93. The van der Waals surface area contributed by atoms with Crippen molar-refractivity contribution in [2.24, 2.45) is 0 Å². The van der Waals surface area contributed by atoms with Crippen molar-refractivity contribution in [3.63, 3.8) is 0 Å². The van der Waals surface area contributed by atoms with E-state index in [1.807, 2.05) is 6.07 Å². The summed E-state index contributed by atoms with van der Waals surface area (Å²) in [4.78, 5) is 14.5. The molecule has 22 heavy (non-hydrogen) atoms. The molecular weight excluding hydrogens is 278 g/mol. The highest BCUT2D eigenvalue weighted by Gasteiger charge is 2.28. The second-order valence-electron chi connectivity index (χ2n) is 5.87. The Balaban J connectivity index is 1.57. The molecule has 1 N–H and O–H groups in total. The molecule has 0 saturated carbocycles. The summed E-state index contributed by atoms with van der Waals surface area (Å²) in [5.74, 6) is 0.104. The van der Waals surface area contributed by atoms with Crippen molar-refractivity contribution in [1.29, 1.82) is 0 Å². The molecule has 1 aromatic carbocycles. The average Bonchev–Trinajstić information content (AvgIpc) is 3.16. The fraction of sp³-hybridized carbons (Fsp3) is 0.412. The van der Waals surface area contributed by atoms with Crippen LogP contribution in [-0.2, 0) is 0 Å². The molecule has 0 spiro atoms. The lowest BCUT2D eigenvalue weighted by molar-refractivity contribution is 0.0899. The zero-order valence-electron chi connectivity index (χ0n) is 13.0. The van der Waals surface area contributed by atoms with Gasteiger partial charge in [-0.2, -0.15) is 0 Å². The number of nitrogens with one attached hydrogen (secondary N) is 1. The van der Waals surface area contributed by atoms with Gasteiger partial charge in [-0.15, -0.1) is 0 Å². The first-order chi connectivity index (χ1) is 10.6. The first-order valence-corrected chi connectivity index (χ1v) is 7.66. The smallest absolute Gasteiger partial charge is 0.290 e. The summed E-state index contributed by atoms with van der Waals surface area (Å²) in [6, 6.07) is 12.6. The molecule has 1 amide bonds. The van der Waals surface area contributed by atoms with Gasteiger partial charge < -0.3 is 9.84 Å². The standard InChI is InChI=1S/C17H21N3O2/c1-12-10-16(22-19-12)17(21)18-15-8-9-20(11-15)13(2)14-6-4-3-5-7-14/h3-7,10,13,15H,8-9,11H2,1-2H3,(H,18,21)/t13-,15+/m0/s1. The number of hydrogen-bond donors (Lipinski definition) is 1. The number of carbonyl (C=O) groups excluding carboxylic acids is 1. The number of carbonyl (C=O) groups is 1. The van der Waals surface area contributed by atoms with E-state index in [2.05, 4.69) is 46.6 Å². The van der Waals surface area contributed by atoms with Crippen LogP contribution in [0.1, 0.15) is 41.2 Å². The van der Waals surface area contributed by atoms with E-state index in [1.54, 1.807) is 13.0 Å². The van der Waals surface area contributed by atoms with Crippen LogP contribution in [0.3, 0.4) is 0 Å². The number of aryl methyl sites for hydroxylation is 1. The topological polar surface area (TPSA) is 58.4 Å². The Labute approximate surface area is 130 Å². The number of nitrogens with zero attached hydrogens (tertiary/aromatic N) is 2. The third kappa shape index (κ3) is 3.20. The quantitative estimate of drug-likeness (QED) is 0.942. The maximum absolute atomic E-state index is 12.1. The molecule has 2 aromatic rings. The van der Waals surface area contributed by atoms with Crippen LogP contribution in [0, 0.1) is 6.92 Å². The molecule has 1 saturated heterocycles. The summed E-state index contributed by atoms with van der Waals surface area (Å²) < 4.78 is 5.00. The minimum atomic E-state index is -0.181.